The van der Waals surface area contributed by atoms with Crippen molar-refractivity contribution in [1.29, 1.82) is 0 Å². The van der Waals surface area contributed by atoms with Crippen LogP contribution < -0.4 is 15.9 Å². The Morgan fingerprint density at radius 1 is 1.38 bits per heavy atom. The standard InChI is InChI=1S/C14H24N2/c1-4-6-8-13(15-3)12-10-11-16-14(12)9-7-5-2/h9-11,15-16H,4-8H2,1-3H3/b13-12+,14-9-. The second-order valence-electron chi connectivity index (χ2n) is 4.13. The zero-order valence-electron chi connectivity index (χ0n) is 10.8. The van der Waals surface area contributed by atoms with E-state index in [1.807, 2.05) is 13.2 Å². The average molecular weight is 220 g/mol. The van der Waals surface area contributed by atoms with Crippen molar-refractivity contribution in [1.82, 2.24) is 10.3 Å². The number of nitrogens with one attached hydrogen (secondary N) is 2. The summed E-state index contributed by atoms with van der Waals surface area (Å²) < 4.78 is 0. The maximum atomic E-state index is 3.33. The lowest BCUT2D eigenvalue weighted by atomic mass is 10.1. The second kappa shape index (κ2) is 7.15. The molecule has 2 heteroatoms. The molecule has 0 aromatic carbocycles. The number of aromatic nitrogens is 1. The van der Waals surface area contributed by atoms with E-state index in [1.54, 1.807) is 0 Å². The highest BCUT2D eigenvalue weighted by molar-refractivity contribution is 5.43. The molecule has 0 aliphatic carbocycles. The Balaban J connectivity index is 3.06. The molecule has 0 saturated heterocycles. The van der Waals surface area contributed by atoms with Crippen molar-refractivity contribution in [3.63, 3.8) is 0 Å². The van der Waals surface area contributed by atoms with Gasteiger partial charge < -0.3 is 10.3 Å². The van der Waals surface area contributed by atoms with Crippen LogP contribution >= 0.6 is 0 Å². The first-order valence-electron chi connectivity index (χ1n) is 6.38. The first-order valence-corrected chi connectivity index (χ1v) is 6.38. The summed E-state index contributed by atoms with van der Waals surface area (Å²) in [4.78, 5) is 3.32. The Labute approximate surface area is 98.5 Å². The van der Waals surface area contributed by atoms with Crippen LogP contribution in [0.2, 0.25) is 0 Å². The van der Waals surface area contributed by atoms with Crippen molar-refractivity contribution in [2.45, 2.75) is 46.0 Å². The van der Waals surface area contributed by atoms with Gasteiger partial charge in [-0.15, -0.1) is 0 Å². The quantitative estimate of drug-likeness (QED) is 0.755. The average Bonchev–Trinajstić information content (AvgIpc) is 2.76. The Morgan fingerprint density at radius 2 is 2.19 bits per heavy atom. The van der Waals surface area contributed by atoms with E-state index in [0.29, 0.717) is 0 Å². The monoisotopic (exact) mass is 220 g/mol. The summed E-state index contributed by atoms with van der Waals surface area (Å²) in [7, 11) is 2.02. The van der Waals surface area contributed by atoms with E-state index in [9.17, 15) is 0 Å². The van der Waals surface area contributed by atoms with Crippen LogP contribution in [0.4, 0.5) is 0 Å². The molecule has 0 saturated carbocycles. The summed E-state index contributed by atoms with van der Waals surface area (Å²) in [5, 5.41) is 5.94. The molecule has 2 nitrogen and oxygen atoms in total. The molecule has 1 rings (SSSR count). The van der Waals surface area contributed by atoms with Crippen molar-refractivity contribution in [2.24, 2.45) is 0 Å². The van der Waals surface area contributed by atoms with E-state index in [0.717, 1.165) is 12.8 Å². The lowest BCUT2D eigenvalue weighted by Crippen LogP contribution is -2.29. The maximum absolute atomic E-state index is 3.33. The molecule has 0 unspecified atom stereocenters. The fourth-order valence-electron chi connectivity index (χ4n) is 1.85. The van der Waals surface area contributed by atoms with Crippen LogP contribution in [0.25, 0.3) is 11.8 Å². The highest BCUT2D eigenvalue weighted by atomic mass is 14.8. The van der Waals surface area contributed by atoms with Gasteiger partial charge in [-0.3, -0.25) is 0 Å². The van der Waals surface area contributed by atoms with E-state index < -0.39 is 0 Å². The van der Waals surface area contributed by atoms with Crippen molar-refractivity contribution in [3.8, 4) is 0 Å². The van der Waals surface area contributed by atoms with Gasteiger partial charge in [0.1, 0.15) is 0 Å². The van der Waals surface area contributed by atoms with Crippen molar-refractivity contribution in [3.05, 3.63) is 22.8 Å². The van der Waals surface area contributed by atoms with Crippen molar-refractivity contribution < 1.29 is 0 Å². The van der Waals surface area contributed by atoms with E-state index in [-0.39, 0.29) is 0 Å². The van der Waals surface area contributed by atoms with Gasteiger partial charge >= 0.3 is 0 Å². The maximum Gasteiger partial charge on any atom is 0.0430 e. The first kappa shape index (κ1) is 12.9. The summed E-state index contributed by atoms with van der Waals surface area (Å²) in [6.07, 6.45) is 10.3. The van der Waals surface area contributed by atoms with Gasteiger partial charge in [0, 0.05) is 29.5 Å². The molecule has 0 aliphatic heterocycles. The number of hydrogen-bond acceptors (Lipinski definition) is 1. The molecule has 1 heterocycles. The first-order chi connectivity index (χ1) is 7.83. The largest absolute Gasteiger partial charge is 0.391 e. The van der Waals surface area contributed by atoms with Crippen molar-refractivity contribution in [2.75, 3.05) is 7.05 Å². The SMILES string of the molecule is CCC/C=c1\[nH]cc\c1=C(\CCCC)NC. The minimum absolute atomic E-state index is 1.14. The van der Waals surface area contributed by atoms with Crippen LogP contribution in [0.5, 0.6) is 0 Å². The zero-order valence-corrected chi connectivity index (χ0v) is 10.8. The smallest absolute Gasteiger partial charge is 0.0430 e. The highest BCUT2D eigenvalue weighted by Gasteiger charge is 1.97. The van der Waals surface area contributed by atoms with Crippen LogP contribution in [0.1, 0.15) is 46.0 Å². The number of unbranched alkanes of at least 4 members (excludes halogenated alkanes) is 2. The molecule has 2 N–H and O–H groups in total. The minimum atomic E-state index is 1.14. The topological polar surface area (TPSA) is 27.8 Å². The van der Waals surface area contributed by atoms with Gasteiger partial charge in [0.2, 0.25) is 0 Å². The lowest BCUT2D eigenvalue weighted by molar-refractivity contribution is 0.795. The third-order valence-corrected chi connectivity index (χ3v) is 2.82. The molecular formula is C14H24N2. The summed E-state index contributed by atoms with van der Waals surface area (Å²) >= 11 is 0. The predicted octanol–water partition coefficient (Wildman–Crippen LogP) is 2.11. The summed E-state index contributed by atoms with van der Waals surface area (Å²) in [6.45, 7) is 4.44. The Kier molecular flexibility index (Phi) is 5.76. The predicted molar refractivity (Wildman–Crippen MR) is 71.4 cm³/mol. The number of hydrogen-bond donors (Lipinski definition) is 2. The fraction of sp³-hybridized carbons (Fsp3) is 0.571. The number of rotatable bonds is 6. The Hall–Kier alpha value is -1.18. The molecule has 0 bridgehead atoms. The molecule has 0 radical (unpaired) electrons. The van der Waals surface area contributed by atoms with E-state index in [2.05, 4.69) is 36.3 Å². The minimum Gasteiger partial charge on any atom is -0.391 e. The van der Waals surface area contributed by atoms with E-state index in [1.165, 1.54) is 35.5 Å². The zero-order chi connectivity index (χ0) is 11.8. The van der Waals surface area contributed by atoms with Gasteiger partial charge in [-0.1, -0.05) is 32.8 Å². The second-order valence-corrected chi connectivity index (χ2v) is 4.13. The molecule has 0 atom stereocenters. The molecule has 1 aromatic heterocycles. The van der Waals surface area contributed by atoms with Gasteiger partial charge in [0.05, 0.1) is 0 Å². The molecule has 1 aromatic rings. The van der Waals surface area contributed by atoms with Gasteiger partial charge in [-0.05, 0) is 25.3 Å². The number of H-pyrrole nitrogens is 1. The highest BCUT2D eigenvalue weighted by Crippen LogP contribution is 2.01. The van der Waals surface area contributed by atoms with Gasteiger partial charge in [-0.25, -0.2) is 0 Å². The normalized spacial score (nSPS) is 14.1. The molecule has 90 valence electrons. The van der Waals surface area contributed by atoms with Crippen LogP contribution in [-0.2, 0) is 0 Å². The van der Waals surface area contributed by atoms with Gasteiger partial charge in [0.25, 0.3) is 0 Å². The molecular weight excluding hydrogens is 196 g/mol. The Morgan fingerprint density at radius 3 is 2.81 bits per heavy atom. The molecule has 0 amide bonds. The molecule has 0 aliphatic rings. The van der Waals surface area contributed by atoms with Gasteiger partial charge in [0.15, 0.2) is 0 Å². The fourth-order valence-corrected chi connectivity index (χ4v) is 1.85. The molecule has 16 heavy (non-hydrogen) atoms. The van der Waals surface area contributed by atoms with Crippen LogP contribution in [0.15, 0.2) is 12.3 Å². The van der Waals surface area contributed by atoms with Crippen LogP contribution in [0, 0.1) is 0 Å². The van der Waals surface area contributed by atoms with Crippen LogP contribution in [0.3, 0.4) is 0 Å². The number of aromatic amines is 1. The van der Waals surface area contributed by atoms with E-state index in [4.69, 9.17) is 0 Å². The van der Waals surface area contributed by atoms with Gasteiger partial charge in [-0.2, -0.15) is 0 Å². The van der Waals surface area contributed by atoms with Crippen LogP contribution in [-0.4, -0.2) is 12.0 Å². The molecule has 0 fully saturated rings. The molecule has 0 spiro atoms. The summed E-state index contributed by atoms with van der Waals surface area (Å²) in [5.74, 6) is 0. The summed E-state index contributed by atoms with van der Waals surface area (Å²) in [6, 6.07) is 2.17. The Bertz CT molecular complexity index is 401. The third kappa shape index (κ3) is 3.44. The summed E-state index contributed by atoms with van der Waals surface area (Å²) in [5.41, 5.74) is 1.35. The van der Waals surface area contributed by atoms with E-state index >= 15 is 0 Å². The third-order valence-electron chi connectivity index (χ3n) is 2.82. The van der Waals surface area contributed by atoms with Crippen molar-refractivity contribution >= 4 is 11.8 Å². The lowest BCUT2D eigenvalue weighted by Gasteiger charge is -2.04.